The third kappa shape index (κ3) is 4.85. The molecule has 1 saturated heterocycles. The molecular formula is C25H35N7O. The van der Waals surface area contributed by atoms with Gasteiger partial charge < -0.3 is 15.1 Å². The van der Waals surface area contributed by atoms with E-state index >= 15 is 0 Å². The average molecular weight is 450 g/mol. The number of nitrogens with one attached hydrogen (secondary N) is 1. The first-order valence-corrected chi connectivity index (χ1v) is 12.1. The van der Waals surface area contributed by atoms with Gasteiger partial charge in [-0.1, -0.05) is 32.0 Å². The number of para-hydroxylation sites is 1. The number of benzene rings is 1. The van der Waals surface area contributed by atoms with E-state index in [1.54, 1.807) is 0 Å². The highest BCUT2D eigenvalue weighted by atomic mass is 16.1. The molecule has 0 saturated carbocycles. The molecule has 0 spiro atoms. The number of rotatable bonds is 8. The fraction of sp³-hybridized carbons (Fsp3) is 0.520. The first-order chi connectivity index (χ1) is 16.0. The number of carbonyl (C=O) groups excluding carboxylic acids is 1. The number of likely N-dealkylation sites (N-methyl/N-ethyl adjacent to an activating group) is 1. The molecule has 33 heavy (non-hydrogen) atoms. The molecule has 3 heterocycles. The van der Waals surface area contributed by atoms with Crippen molar-refractivity contribution in [2.24, 2.45) is 5.92 Å². The van der Waals surface area contributed by atoms with Crippen LogP contribution in [0.25, 0.3) is 16.6 Å². The lowest BCUT2D eigenvalue weighted by atomic mass is 9.96. The molecule has 1 aliphatic rings. The Labute approximate surface area is 196 Å². The Morgan fingerprint density at radius 3 is 2.45 bits per heavy atom. The van der Waals surface area contributed by atoms with Crippen LogP contribution in [0.4, 0.5) is 5.82 Å². The summed E-state index contributed by atoms with van der Waals surface area (Å²) in [5, 5.41) is 18.1. The van der Waals surface area contributed by atoms with Gasteiger partial charge in [0.25, 0.3) is 0 Å². The Hall–Kier alpha value is -3.00. The number of anilines is 1. The number of piperidine rings is 1. The van der Waals surface area contributed by atoms with E-state index in [9.17, 15) is 4.79 Å². The van der Waals surface area contributed by atoms with E-state index in [0.717, 1.165) is 79.4 Å². The third-order valence-corrected chi connectivity index (χ3v) is 6.77. The van der Waals surface area contributed by atoms with Crippen molar-refractivity contribution in [2.45, 2.75) is 40.5 Å². The molecule has 1 aromatic carbocycles. The van der Waals surface area contributed by atoms with Gasteiger partial charge in [-0.15, -0.1) is 5.10 Å². The second kappa shape index (κ2) is 10.3. The van der Waals surface area contributed by atoms with Crippen LogP contribution < -0.4 is 10.2 Å². The number of fused-ring (bicyclic) bond motifs is 1. The number of nitrogens with zero attached hydrogens (tertiary/aromatic N) is 6. The Bertz CT molecular complexity index is 1080. The van der Waals surface area contributed by atoms with Crippen LogP contribution in [-0.2, 0) is 4.79 Å². The van der Waals surface area contributed by atoms with E-state index in [1.165, 1.54) is 0 Å². The minimum atomic E-state index is 0.0514. The zero-order valence-electron chi connectivity index (χ0n) is 20.2. The first-order valence-electron chi connectivity index (χ1n) is 12.1. The van der Waals surface area contributed by atoms with Crippen molar-refractivity contribution in [3.8, 4) is 5.69 Å². The maximum Gasteiger partial charge on any atom is 0.223 e. The molecule has 0 radical (unpaired) electrons. The van der Waals surface area contributed by atoms with E-state index < -0.39 is 0 Å². The predicted octanol–water partition coefficient (Wildman–Crippen LogP) is 3.11. The molecule has 1 fully saturated rings. The van der Waals surface area contributed by atoms with E-state index in [-0.39, 0.29) is 11.8 Å². The zero-order valence-corrected chi connectivity index (χ0v) is 20.2. The van der Waals surface area contributed by atoms with Crippen molar-refractivity contribution in [1.82, 2.24) is 30.2 Å². The summed E-state index contributed by atoms with van der Waals surface area (Å²) < 4.78 is 1.97. The van der Waals surface area contributed by atoms with E-state index in [4.69, 9.17) is 5.10 Å². The normalized spacial score (nSPS) is 14.9. The lowest BCUT2D eigenvalue weighted by Gasteiger charge is -2.32. The molecule has 4 rings (SSSR count). The highest BCUT2D eigenvalue weighted by molar-refractivity contribution is 5.92. The van der Waals surface area contributed by atoms with Crippen molar-refractivity contribution >= 4 is 22.6 Å². The van der Waals surface area contributed by atoms with E-state index in [1.807, 2.05) is 29.8 Å². The highest BCUT2D eigenvalue weighted by Crippen LogP contribution is 2.31. The van der Waals surface area contributed by atoms with Gasteiger partial charge in [-0.2, -0.15) is 10.2 Å². The number of aromatic nitrogens is 4. The number of carbonyl (C=O) groups is 1. The van der Waals surface area contributed by atoms with Gasteiger partial charge >= 0.3 is 0 Å². The minimum absolute atomic E-state index is 0.0514. The summed E-state index contributed by atoms with van der Waals surface area (Å²) in [7, 11) is 0. The standard InChI is InChI=1S/C25H35N7O/c1-5-30(6-2)17-14-26-25(33)20-12-15-31(16-13-20)24-23-22(18(3)27-28-24)19(4)32(29-23)21-10-8-7-9-11-21/h7-11,20H,5-6,12-17H2,1-4H3,(H,26,33). The van der Waals surface area contributed by atoms with Crippen LogP contribution in [0.2, 0.25) is 0 Å². The van der Waals surface area contributed by atoms with Gasteiger partial charge in [0.1, 0.15) is 5.52 Å². The maximum atomic E-state index is 12.7. The van der Waals surface area contributed by atoms with Gasteiger partial charge in [-0.25, -0.2) is 4.68 Å². The van der Waals surface area contributed by atoms with Crippen molar-refractivity contribution in [3.63, 3.8) is 0 Å². The Morgan fingerprint density at radius 1 is 1.09 bits per heavy atom. The largest absolute Gasteiger partial charge is 0.355 e. The fourth-order valence-electron chi connectivity index (χ4n) is 4.72. The van der Waals surface area contributed by atoms with Crippen LogP contribution in [-0.4, -0.2) is 70.1 Å². The summed E-state index contributed by atoms with van der Waals surface area (Å²) in [5.41, 5.74) is 3.85. The van der Waals surface area contributed by atoms with E-state index in [0.29, 0.717) is 6.54 Å². The van der Waals surface area contributed by atoms with Gasteiger partial charge in [0, 0.05) is 32.1 Å². The third-order valence-electron chi connectivity index (χ3n) is 6.77. The molecule has 8 heteroatoms. The number of amides is 1. The van der Waals surface area contributed by atoms with Crippen LogP contribution >= 0.6 is 0 Å². The van der Waals surface area contributed by atoms with Gasteiger partial charge in [-0.05, 0) is 51.9 Å². The zero-order chi connectivity index (χ0) is 23.4. The minimum Gasteiger partial charge on any atom is -0.355 e. The maximum absolute atomic E-state index is 12.7. The fourth-order valence-corrected chi connectivity index (χ4v) is 4.72. The molecule has 176 valence electrons. The smallest absolute Gasteiger partial charge is 0.223 e. The topological polar surface area (TPSA) is 79.2 Å². The lowest BCUT2D eigenvalue weighted by Crippen LogP contribution is -2.43. The summed E-state index contributed by atoms with van der Waals surface area (Å²) in [4.78, 5) is 17.2. The van der Waals surface area contributed by atoms with Gasteiger partial charge in [0.05, 0.1) is 22.5 Å². The molecular weight excluding hydrogens is 414 g/mol. The number of hydrogen-bond acceptors (Lipinski definition) is 6. The second-order valence-electron chi connectivity index (χ2n) is 8.74. The van der Waals surface area contributed by atoms with Crippen molar-refractivity contribution in [2.75, 3.05) is 44.2 Å². The van der Waals surface area contributed by atoms with Crippen LogP contribution in [0.15, 0.2) is 30.3 Å². The summed E-state index contributed by atoms with van der Waals surface area (Å²) in [6.07, 6.45) is 1.62. The lowest BCUT2D eigenvalue weighted by molar-refractivity contribution is -0.125. The molecule has 0 atom stereocenters. The Balaban J connectivity index is 1.46. The molecule has 0 unspecified atom stereocenters. The monoisotopic (exact) mass is 449 g/mol. The first kappa shape index (κ1) is 23.2. The summed E-state index contributed by atoms with van der Waals surface area (Å²) in [5.74, 6) is 1.04. The molecule has 8 nitrogen and oxygen atoms in total. The van der Waals surface area contributed by atoms with Gasteiger partial charge in [0.15, 0.2) is 5.82 Å². The summed E-state index contributed by atoms with van der Waals surface area (Å²) in [6.45, 7) is 13.5. The summed E-state index contributed by atoms with van der Waals surface area (Å²) >= 11 is 0. The molecule has 1 amide bonds. The second-order valence-corrected chi connectivity index (χ2v) is 8.74. The molecule has 1 N–H and O–H groups in total. The van der Waals surface area contributed by atoms with Crippen molar-refractivity contribution < 1.29 is 4.79 Å². The van der Waals surface area contributed by atoms with Crippen molar-refractivity contribution in [1.29, 1.82) is 0 Å². The average Bonchev–Trinajstić information content (AvgIpc) is 3.20. The van der Waals surface area contributed by atoms with E-state index in [2.05, 4.69) is 58.2 Å². The molecule has 0 aliphatic carbocycles. The van der Waals surface area contributed by atoms with Crippen molar-refractivity contribution in [3.05, 3.63) is 41.7 Å². The van der Waals surface area contributed by atoms with Crippen LogP contribution in [0.1, 0.15) is 38.1 Å². The number of hydrogen-bond donors (Lipinski definition) is 1. The molecule has 3 aromatic rings. The predicted molar refractivity (Wildman–Crippen MR) is 132 cm³/mol. The van der Waals surface area contributed by atoms with Crippen LogP contribution in [0, 0.1) is 19.8 Å². The number of aryl methyl sites for hydroxylation is 2. The quantitative estimate of drug-likeness (QED) is 0.569. The Kier molecular flexibility index (Phi) is 7.23. The van der Waals surface area contributed by atoms with Crippen LogP contribution in [0.5, 0.6) is 0 Å². The summed E-state index contributed by atoms with van der Waals surface area (Å²) in [6, 6.07) is 10.1. The van der Waals surface area contributed by atoms with Gasteiger partial charge in [-0.3, -0.25) is 4.79 Å². The van der Waals surface area contributed by atoms with Crippen LogP contribution in [0.3, 0.4) is 0 Å². The molecule has 2 aromatic heterocycles. The highest BCUT2D eigenvalue weighted by Gasteiger charge is 2.28. The SMILES string of the molecule is CCN(CC)CCNC(=O)C1CCN(c2nnc(C)c3c(C)n(-c4ccccc4)nc23)CC1. The molecule has 0 bridgehead atoms. The molecule has 1 aliphatic heterocycles. The van der Waals surface area contributed by atoms with Gasteiger partial charge in [0.2, 0.25) is 5.91 Å². The Morgan fingerprint density at radius 2 is 1.79 bits per heavy atom.